The first-order valence-corrected chi connectivity index (χ1v) is 19.8. The van der Waals surface area contributed by atoms with Gasteiger partial charge in [-0.3, -0.25) is 9.80 Å². The number of ether oxygens (including phenoxy) is 3. The minimum absolute atomic E-state index is 0.212. The second-order valence-electron chi connectivity index (χ2n) is 15.1. The van der Waals surface area contributed by atoms with Crippen LogP contribution in [-0.4, -0.2) is 111 Å². The van der Waals surface area contributed by atoms with Gasteiger partial charge in [-0.15, -0.1) is 0 Å². The molecule has 302 valence electrons. The van der Waals surface area contributed by atoms with Crippen LogP contribution in [0.4, 0.5) is 0 Å². The number of benzene rings is 5. The molecular weight excluding hydrogens is 721 g/mol. The normalized spacial score (nSPS) is 22.5. The molecule has 7 rings (SSSR count). The van der Waals surface area contributed by atoms with Gasteiger partial charge in [-0.25, -0.2) is 0 Å². The lowest BCUT2D eigenvalue weighted by molar-refractivity contribution is -0.119. The highest BCUT2D eigenvalue weighted by atomic mass is 16.5. The van der Waals surface area contributed by atoms with Crippen molar-refractivity contribution >= 4 is 0 Å². The number of phenols is 1. The monoisotopic (exact) mass is 776 g/mol. The van der Waals surface area contributed by atoms with Crippen molar-refractivity contribution in [3.63, 3.8) is 0 Å². The highest BCUT2D eigenvalue weighted by Crippen LogP contribution is 2.28. The van der Waals surface area contributed by atoms with E-state index in [0.29, 0.717) is 77.4 Å². The van der Waals surface area contributed by atoms with Gasteiger partial charge in [0.1, 0.15) is 42.8 Å². The van der Waals surface area contributed by atoms with Crippen molar-refractivity contribution in [3.8, 4) is 23.0 Å². The summed E-state index contributed by atoms with van der Waals surface area (Å²) in [6, 6.07) is 44.0. The first-order chi connectivity index (χ1) is 27.7. The summed E-state index contributed by atoms with van der Waals surface area (Å²) in [5.41, 5.74) is 1.06. The van der Waals surface area contributed by atoms with Crippen LogP contribution in [0.15, 0.2) is 140 Å². The molecule has 10 heteroatoms. The van der Waals surface area contributed by atoms with Crippen LogP contribution in [0.25, 0.3) is 0 Å². The van der Waals surface area contributed by atoms with Crippen molar-refractivity contribution in [1.82, 2.24) is 9.80 Å². The van der Waals surface area contributed by atoms with E-state index in [1.165, 1.54) is 0 Å². The average Bonchev–Trinajstić information content (AvgIpc) is 3.23. The molecule has 2 saturated heterocycles. The van der Waals surface area contributed by atoms with Gasteiger partial charge in [0.25, 0.3) is 0 Å². The molecule has 2 aliphatic rings. The van der Waals surface area contributed by atoms with Gasteiger partial charge >= 0.3 is 0 Å². The lowest BCUT2D eigenvalue weighted by Gasteiger charge is -2.42. The standard InChI is InChI=1S/C27H31NO4.C20H25NO4/c29-26-20-28(16-15-27(26,30)19-22-7-3-1-4-8-22)17-18-31-24-11-13-25(14-12-24)32-21-23-9-5-2-6-10-23;22-17-6-8-18(9-7-17)25-13-12-21-11-10-20(24,19(23)15-21)14-16-4-2-1-3-5-16/h1-14,26,29-30H,15-21H2;1-9,19,22-24H,10-15H2/t26-,27+;19-,20+/m00/s1. The molecule has 0 saturated carbocycles. The number of β-amino-alcohol motifs (C(OH)–C–C–N with tert-alkyl or cyclic N) is 2. The smallest absolute Gasteiger partial charge is 0.120 e. The van der Waals surface area contributed by atoms with E-state index in [2.05, 4.69) is 9.80 Å². The zero-order valence-electron chi connectivity index (χ0n) is 32.5. The Hall–Kier alpha value is -4.94. The van der Waals surface area contributed by atoms with Crippen LogP contribution in [0.3, 0.4) is 0 Å². The molecule has 5 aromatic carbocycles. The van der Waals surface area contributed by atoms with Crippen molar-refractivity contribution in [1.29, 1.82) is 0 Å². The summed E-state index contributed by atoms with van der Waals surface area (Å²) in [6.45, 7) is 5.26. The highest BCUT2D eigenvalue weighted by molar-refractivity contribution is 5.32. The summed E-state index contributed by atoms with van der Waals surface area (Å²) in [7, 11) is 0. The Morgan fingerprint density at radius 3 is 1.26 bits per heavy atom. The topological polar surface area (TPSA) is 135 Å². The number of phenolic OH excluding ortho intramolecular Hbond substituents is 1. The maximum atomic E-state index is 10.9. The van der Waals surface area contributed by atoms with Crippen LogP contribution in [-0.2, 0) is 19.4 Å². The Labute approximate surface area is 336 Å². The Kier molecular flexibility index (Phi) is 15.0. The minimum atomic E-state index is -1.08. The molecule has 5 N–H and O–H groups in total. The Morgan fingerprint density at radius 2 is 0.860 bits per heavy atom. The molecule has 0 unspecified atom stereocenters. The van der Waals surface area contributed by atoms with Gasteiger partial charge in [0.05, 0.1) is 23.4 Å². The lowest BCUT2D eigenvalue weighted by Crippen LogP contribution is -2.57. The van der Waals surface area contributed by atoms with Crippen molar-refractivity contribution in [2.24, 2.45) is 0 Å². The summed E-state index contributed by atoms with van der Waals surface area (Å²) >= 11 is 0. The first-order valence-electron chi connectivity index (χ1n) is 19.8. The fourth-order valence-electron chi connectivity index (χ4n) is 7.27. The van der Waals surface area contributed by atoms with Crippen LogP contribution in [0.5, 0.6) is 23.0 Å². The predicted octanol–water partition coefficient (Wildman–Crippen LogP) is 5.50. The quantitative estimate of drug-likeness (QED) is 0.0929. The molecule has 2 aliphatic heterocycles. The molecule has 4 atom stereocenters. The van der Waals surface area contributed by atoms with Crippen LogP contribution in [0.2, 0.25) is 0 Å². The fraction of sp³-hybridized carbons (Fsp3) is 0.362. The molecule has 10 nitrogen and oxygen atoms in total. The third-order valence-electron chi connectivity index (χ3n) is 10.8. The summed E-state index contributed by atoms with van der Waals surface area (Å²) in [6.07, 6.45) is 0.441. The van der Waals surface area contributed by atoms with Crippen LogP contribution >= 0.6 is 0 Å². The summed E-state index contributed by atoms with van der Waals surface area (Å²) in [5, 5.41) is 52.0. The molecule has 0 bridgehead atoms. The van der Waals surface area contributed by atoms with Gasteiger partial charge < -0.3 is 39.7 Å². The number of nitrogens with zero attached hydrogens (tertiary/aromatic N) is 2. The molecule has 2 fully saturated rings. The minimum Gasteiger partial charge on any atom is -0.508 e. The van der Waals surface area contributed by atoms with Gasteiger partial charge in [0, 0.05) is 52.1 Å². The number of piperidine rings is 2. The average molecular weight is 777 g/mol. The Bertz CT molecular complexity index is 1880. The lowest BCUT2D eigenvalue weighted by atomic mass is 9.83. The van der Waals surface area contributed by atoms with E-state index in [1.54, 1.807) is 24.3 Å². The van der Waals surface area contributed by atoms with E-state index >= 15 is 0 Å². The number of aromatic hydroxyl groups is 1. The molecular formula is C47H56N2O8. The first kappa shape index (κ1) is 41.7. The molecule has 5 aromatic rings. The van der Waals surface area contributed by atoms with E-state index in [1.807, 2.05) is 115 Å². The Morgan fingerprint density at radius 1 is 0.491 bits per heavy atom. The molecule has 0 radical (unpaired) electrons. The van der Waals surface area contributed by atoms with E-state index < -0.39 is 23.4 Å². The molecule has 0 aromatic heterocycles. The number of aliphatic hydroxyl groups is 4. The maximum Gasteiger partial charge on any atom is 0.120 e. The zero-order chi connectivity index (χ0) is 39.9. The second-order valence-corrected chi connectivity index (χ2v) is 15.1. The number of likely N-dealkylation sites (tertiary alicyclic amines) is 2. The number of hydrogen-bond donors (Lipinski definition) is 5. The molecule has 2 heterocycles. The van der Waals surface area contributed by atoms with Crippen LogP contribution in [0.1, 0.15) is 29.5 Å². The van der Waals surface area contributed by atoms with Gasteiger partial charge in [-0.2, -0.15) is 0 Å². The maximum absolute atomic E-state index is 10.9. The SMILES string of the molecule is O[C@H]1CN(CCOc2ccc(OCc3ccccc3)cc2)CC[C@@]1(O)Cc1ccccc1.Oc1ccc(OCCN2CC[C@@](O)(Cc3ccccc3)[C@@H](O)C2)cc1. The van der Waals surface area contributed by atoms with Crippen molar-refractivity contribution < 1.29 is 39.7 Å². The van der Waals surface area contributed by atoms with Crippen molar-refractivity contribution in [3.05, 3.63) is 156 Å². The van der Waals surface area contributed by atoms with E-state index in [9.17, 15) is 25.5 Å². The Balaban J connectivity index is 0.000000199. The van der Waals surface area contributed by atoms with E-state index in [-0.39, 0.29) is 5.75 Å². The fourth-order valence-corrected chi connectivity index (χ4v) is 7.27. The van der Waals surface area contributed by atoms with E-state index in [0.717, 1.165) is 41.3 Å². The summed E-state index contributed by atoms with van der Waals surface area (Å²) < 4.78 is 17.3. The highest BCUT2D eigenvalue weighted by Gasteiger charge is 2.41. The number of hydrogen-bond acceptors (Lipinski definition) is 10. The zero-order valence-corrected chi connectivity index (χ0v) is 32.5. The third-order valence-corrected chi connectivity index (χ3v) is 10.8. The third kappa shape index (κ3) is 12.8. The van der Waals surface area contributed by atoms with Crippen molar-refractivity contribution in [2.75, 3.05) is 52.5 Å². The van der Waals surface area contributed by atoms with E-state index in [4.69, 9.17) is 14.2 Å². The predicted molar refractivity (Wildman–Crippen MR) is 221 cm³/mol. The van der Waals surface area contributed by atoms with Crippen LogP contribution in [0, 0.1) is 0 Å². The van der Waals surface area contributed by atoms with Gasteiger partial charge in [0.15, 0.2) is 0 Å². The van der Waals surface area contributed by atoms with Crippen molar-refractivity contribution in [2.45, 2.75) is 55.7 Å². The molecule has 0 amide bonds. The molecule has 0 aliphatic carbocycles. The van der Waals surface area contributed by atoms with Crippen LogP contribution < -0.4 is 14.2 Å². The number of aliphatic hydroxyl groups excluding tert-OH is 2. The largest absolute Gasteiger partial charge is 0.508 e. The summed E-state index contributed by atoms with van der Waals surface area (Å²) in [4.78, 5) is 4.24. The molecule has 0 spiro atoms. The number of rotatable bonds is 15. The van der Waals surface area contributed by atoms with Gasteiger partial charge in [-0.05, 0) is 78.1 Å². The second kappa shape index (κ2) is 20.5. The summed E-state index contributed by atoms with van der Waals surface area (Å²) in [5.74, 6) is 2.51. The van der Waals surface area contributed by atoms with Gasteiger partial charge in [-0.1, -0.05) is 91.0 Å². The molecule has 57 heavy (non-hydrogen) atoms. The van der Waals surface area contributed by atoms with Gasteiger partial charge in [0.2, 0.25) is 0 Å².